The minimum Gasteiger partial charge on any atom is -0.456 e. The standard InChI is InChI=1S/C38H25N3O/c1-3-20-39-32-14-6-8-24(23(32)2)25-16-18-34-36-27(25)9-4-11-29(36)30-12-5-10-28-26(17-19-35(42-34)37(28)30)31-13-7-15-33-38(31)41-22-21-40-33/h3-22H,2H2,1H3/b20-3-,39-32-. The van der Waals surface area contributed by atoms with Crippen LogP contribution >= 0.6 is 0 Å². The second kappa shape index (κ2) is 9.50. The summed E-state index contributed by atoms with van der Waals surface area (Å²) in [6, 6.07) is 27.6. The lowest BCUT2D eigenvalue weighted by molar-refractivity contribution is 0.664. The number of benzene rings is 5. The average molecular weight is 540 g/mol. The molecule has 7 aromatic rings. The first-order chi connectivity index (χ1) is 20.7. The van der Waals surface area contributed by atoms with E-state index in [1.165, 1.54) is 0 Å². The maximum absolute atomic E-state index is 6.75. The van der Waals surface area contributed by atoms with Crippen molar-refractivity contribution < 1.29 is 4.42 Å². The third-order valence-electron chi connectivity index (χ3n) is 8.11. The molecule has 198 valence electrons. The zero-order valence-corrected chi connectivity index (χ0v) is 23.0. The molecule has 5 aromatic carbocycles. The summed E-state index contributed by atoms with van der Waals surface area (Å²) in [5.41, 5.74) is 9.53. The second-order valence-electron chi connectivity index (χ2n) is 10.4. The molecular weight excluding hydrogens is 514 g/mol. The van der Waals surface area contributed by atoms with Crippen molar-refractivity contribution in [2.24, 2.45) is 4.99 Å². The van der Waals surface area contributed by atoms with E-state index in [1.54, 1.807) is 18.6 Å². The molecule has 0 amide bonds. The number of fused-ring (bicyclic) bond motifs is 2. The SMILES string of the molecule is C=C1C(c2ccc3oc4ccc(-c5cccc6nccnc56)c5cccc(c6cccc2c36)c45)=CC=C/C1=N/C=C\C. The van der Waals surface area contributed by atoms with E-state index in [0.717, 1.165) is 88.1 Å². The Kier molecular flexibility index (Phi) is 5.47. The summed E-state index contributed by atoms with van der Waals surface area (Å²) in [4.78, 5) is 13.8. The number of aliphatic imine (C=N–C) groups is 1. The Bertz CT molecular complexity index is 2380. The lowest BCUT2D eigenvalue weighted by Crippen LogP contribution is -2.04. The van der Waals surface area contributed by atoms with Crippen LogP contribution in [0.5, 0.6) is 0 Å². The lowest BCUT2D eigenvalue weighted by Gasteiger charge is -2.17. The Morgan fingerprint density at radius 1 is 0.714 bits per heavy atom. The van der Waals surface area contributed by atoms with E-state index in [-0.39, 0.29) is 0 Å². The van der Waals surface area contributed by atoms with Crippen molar-refractivity contribution in [2.75, 3.05) is 0 Å². The summed E-state index contributed by atoms with van der Waals surface area (Å²) in [6.45, 7) is 6.37. The number of allylic oxidation sites excluding steroid dienone is 6. The molecule has 0 saturated carbocycles. The smallest absolute Gasteiger partial charge is 0.135 e. The van der Waals surface area contributed by atoms with Gasteiger partial charge in [-0.05, 0) is 75.5 Å². The lowest BCUT2D eigenvalue weighted by atomic mass is 9.87. The summed E-state index contributed by atoms with van der Waals surface area (Å²) in [5.74, 6) is 0. The molecule has 1 aliphatic rings. The van der Waals surface area contributed by atoms with Crippen LogP contribution in [0.3, 0.4) is 0 Å². The molecule has 0 atom stereocenters. The van der Waals surface area contributed by atoms with Gasteiger partial charge in [0.05, 0.1) is 16.7 Å². The zero-order chi connectivity index (χ0) is 28.2. The molecule has 1 aliphatic carbocycles. The van der Waals surface area contributed by atoms with E-state index in [0.29, 0.717) is 0 Å². The molecule has 8 rings (SSSR count). The highest BCUT2D eigenvalue weighted by Crippen LogP contribution is 2.42. The van der Waals surface area contributed by atoms with Crippen molar-refractivity contribution in [1.82, 2.24) is 9.97 Å². The Morgan fingerprint density at radius 3 is 2.14 bits per heavy atom. The first-order valence-corrected chi connectivity index (χ1v) is 14.0. The summed E-state index contributed by atoms with van der Waals surface area (Å²) in [5, 5.41) is 6.70. The first-order valence-electron chi connectivity index (χ1n) is 14.0. The van der Waals surface area contributed by atoms with E-state index in [9.17, 15) is 0 Å². The van der Waals surface area contributed by atoms with Crippen molar-refractivity contribution >= 4 is 65.8 Å². The molecule has 4 nitrogen and oxygen atoms in total. The quantitative estimate of drug-likeness (QED) is 0.224. The highest BCUT2D eigenvalue weighted by Gasteiger charge is 2.19. The van der Waals surface area contributed by atoms with Crippen LogP contribution in [0.15, 0.2) is 143 Å². The molecule has 42 heavy (non-hydrogen) atoms. The fourth-order valence-electron chi connectivity index (χ4n) is 6.27. The van der Waals surface area contributed by atoms with Gasteiger partial charge in [0.2, 0.25) is 0 Å². The van der Waals surface area contributed by atoms with Gasteiger partial charge in [-0.2, -0.15) is 0 Å². The second-order valence-corrected chi connectivity index (χ2v) is 10.4. The molecule has 0 N–H and O–H groups in total. The molecule has 0 unspecified atom stereocenters. The number of aromatic nitrogens is 2. The van der Waals surface area contributed by atoms with Gasteiger partial charge in [0.25, 0.3) is 0 Å². The average Bonchev–Trinajstić information content (AvgIpc) is 3.17. The normalized spacial score (nSPS) is 14.8. The highest BCUT2D eigenvalue weighted by atomic mass is 16.3. The molecule has 0 bridgehead atoms. The minimum atomic E-state index is 0.839. The van der Waals surface area contributed by atoms with Gasteiger partial charge in [-0.1, -0.05) is 79.4 Å². The first kappa shape index (κ1) is 24.2. The molecule has 2 aromatic heterocycles. The number of rotatable bonds is 3. The van der Waals surface area contributed by atoms with Crippen LogP contribution < -0.4 is 0 Å². The van der Waals surface area contributed by atoms with Crippen LogP contribution in [-0.4, -0.2) is 15.7 Å². The zero-order valence-electron chi connectivity index (χ0n) is 23.0. The van der Waals surface area contributed by atoms with E-state index in [1.807, 2.05) is 37.3 Å². The van der Waals surface area contributed by atoms with Gasteiger partial charge in [0, 0.05) is 40.5 Å². The van der Waals surface area contributed by atoms with Gasteiger partial charge in [0.1, 0.15) is 11.2 Å². The Labute approximate surface area is 242 Å². The monoisotopic (exact) mass is 539 g/mol. The minimum absolute atomic E-state index is 0.839. The van der Waals surface area contributed by atoms with Gasteiger partial charge in [-0.15, -0.1) is 0 Å². The summed E-state index contributed by atoms with van der Waals surface area (Å²) in [6.07, 6.45) is 13.4. The topological polar surface area (TPSA) is 51.3 Å². The molecule has 0 saturated heterocycles. The summed E-state index contributed by atoms with van der Waals surface area (Å²) >= 11 is 0. The number of nitrogens with zero attached hydrogens (tertiary/aromatic N) is 3. The number of hydrogen-bond donors (Lipinski definition) is 0. The molecule has 0 radical (unpaired) electrons. The van der Waals surface area contributed by atoms with Gasteiger partial charge in [-0.3, -0.25) is 15.0 Å². The van der Waals surface area contributed by atoms with Crippen LogP contribution in [-0.2, 0) is 0 Å². The van der Waals surface area contributed by atoms with Crippen molar-refractivity contribution in [3.8, 4) is 11.1 Å². The van der Waals surface area contributed by atoms with Crippen LogP contribution in [0.4, 0.5) is 0 Å². The van der Waals surface area contributed by atoms with Gasteiger partial charge in [-0.25, -0.2) is 0 Å². The van der Waals surface area contributed by atoms with Crippen LogP contribution in [0.25, 0.3) is 71.2 Å². The Morgan fingerprint density at radius 2 is 1.38 bits per heavy atom. The predicted octanol–water partition coefficient (Wildman–Crippen LogP) is 9.99. The maximum Gasteiger partial charge on any atom is 0.135 e. The fourth-order valence-corrected chi connectivity index (χ4v) is 6.27. The molecule has 0 fully saturated rings. The Hall–Kier alpha value is -5.61. The van der Waals surface area contributed by atoms with E-state index in [2.05, 4.69) is 94.3 Å². The van der Waals surface area contributed by atoms with Crippen molar-refractivity contribution in [3.05, 3.63) is 139 Å². The van der Waals surface area contributed by atoms with Crippen LogP contribution in [0.2, 0.25) is 0 Å². The molecule has 4 heteroatoms. The fraction of sp³-hybridized carbons (Fsp3) is 0.0263. The largest absolute Gasteiger partial charge is 0.456 e. The summed E-state index contributed by atoms with van der Waals surface area (Å²) < 4.78 is 6.75. The predicted molar refractivity (Wildman–Crippen MR) is 176 cm³/mol. The van der Waals surface area contributed by atoms with E-state index in [4.69, 9.17) is 4.42 Å². The maximum atomic E-state index is 6.75. The van der Waals surface area contributed by atoms with Gasteiger partial charge >= 0.3 is 0 Å². The third kappa shape index (κ3) is 3.59. The van der Waals surface area contributed by atoms with E-state index >= 15 is 0 Å². The number of hydrogen-bond acceptors (Lipinski definition) is 4. The van der Waals surface area contributed by atoms with Gasteiger partial charge in [0.15, 0.2) is 0 Å². The molecule has 0 aliphatic heterocycles. The van der Waals surface area contributed by atoms with Crippen LogP contribution in [0, 0.1) is 0 Å². The molecule has 0 spiro atoms. The van der Waals surface area contributed by atoms with Crippen molar-refractivity contribution in [2.45, 2.75) is 6.92 Å². The number of para-hydroxylation sites is 1. The molecular formula is C38H25N3O. The third-order valence-corrected chi connectivity index (χ3v) is 8.11. The van der Waals surface area contributed by atoms with Crippen molar-refractivity contribution in [3.63, 3.8) is 0 Å². The van der Waals surface area contributed by atoms with Crippen molar-refractivity contribution in [1.29, 1.82) is 0 Å². The molecule has 2 heterocycles. The summed E-state index contributed by atoms with van der Waals surface area (Å²) in [7, 11) is 0. The Balaban J connectivity index is 1.44. The highest BCUT2D eigenvalue weighted by molar-refractivity contribution is 6.28. The van der Waals surface area contributed by atoms with Gasteiger partial charge < -0.3 is 4.42 Å². The van der Waals surface area contributed by atoms with E-state index < -0.39 is 0 Å². The van der Waals surface area contributed by atoms with Crippen LogP contribution in [0.1, 0.15) is 12.5 Å².